The molecule has 0 saturated heterocycles. The predicted octanol–water partition coefficient (Wildman–Crippen LogP) is 1.36. The van der Waals surface area contributed by atoms with Gasteiger partial charge in [0.15, 0.2) is 0 Å². The van der Waals surface area contributed by atoms with Gasteiger partial charge in [-0.05, 0) is 23.8 Å². The molecule has 1 heterocycles. The van der Waals surface area contributed by atoms with E-state index < -0.39 is 11.9 Å². The summed E-state index contributed by atoms with van der Waals surface area (Å²) in [7, 11) is 0. The number of carboxylic acids is 1. The van der Waals surface area contributed by atoms with Crippen molar-refractivity contribution < 1.29 is 9.90 Å². The Labute approximate surface area is 92.7 Å². The quantitative estimate of drug-likeness (QED) is 0.812. The van der Waals surface area contributed by atoms with Crippen LogP contribution in [0.4, 0.5) is 0 Å². The first-order chi connectivity index (χ1) is 7.72. The number of nitrogens with zero attached hydrogens (tertiary/aromatic N) is 1. The summed E-state index contributed by atoms with van der Waals surface area (Å²) in [6, 6.07) is 9.14. The van der Waals surface area contributed by atoms with Crippen LogP contribution in [0, 0.1) is 0 Å². The first-order valence-electron chi connectivity index (χ1n) is 5.00. The zero-order valence-electron chi connectivity index (χ0n) is 8.63. The van der Waals surface area contributed by atoms with Crippen molar-refractivity contribution in [2.75, 3.05) is 6.54 Å². The van der Waals surface area contributed by atoms with Gasteiger partial charge in [0.05, 0.1) is 11.4 Å². The highest BCUT2D eigenvalue weighted by atomic mass is 16.4. The summed E-state index contributed by atoms with van der Waals surface area (Å²) in [5, 5.41) is 9.93. The van der Waals surface area contributed by atoms with Gasteiger partial charge in [-0.25, -0.2) is 0 Å². The highest BCUT2D eigenvalue weighted by Crippen LogP contribution is 2.20. The van der Waals surface area contributed by atoms with Crippen molar-refractivity contribution in [2.24, 2.45) is 5.73 Å². The van der Waals surface area contributed by atoms with Crippen LogP contribution in [0.3, 0.4) is 0 Å². The maximum Gasteiger partial charge on any atom is 0.312 e. The van der Waals surface area contributed by atoms with E-state index in [9.17, 15) is 4.79 Å². The Hall–Kier alpha value is -1.94. The van der Waals surface area contributed by atoms with Crippen molar-refractivity contribution in [3.8, 4) is 0 Å². The molecule has 3 N–H and O–H groups in total. The van der Waals surface area contributed by atoms with Gasteiger partial charge in [0.1, 0.15) is 0 Å². The molecule has 0 aliphatic rings. The predicted molar refractivity (Wildman–Crippen MR) is 61.2 cm³/mol. The molecule has 0 fully saturated rings. The number of carboxylic acid groups (broad SMARTS) is 1. The summed E-state index contributed by atoms with van der Waals surface area (Å²) in [6.45, 7) is 0.0983. The average molecular weight is 216 g/mol. The monoisotopic (exact) mass is 216 g/mol. The number of hydrogen-bond donors (Lipinski definition) is 2. The third-order valence-corrected chi connectivity index (χ3v) is 2.56. The average Bonchev–Trinajstić information content (AvgIpc) is 2.29. The molecule has 0 aliphatic heterocycles. The SMILES string of the molecule is NCC(C(=O)O)c1ccc2ncccc2c1. The van der Waals surface area contributed by atoms with E-state index in [2.05, 4.69) is 4.98 Å². The summed E-state index contributed by atoms with van der Waals surface area (Å²) in [5.41, 5.74) is 7.03. The third kappa shape index (κ3) is 1.87. The summed E-state index contributed by atoms with van der Waals surface area (Å²) in [5.74, 6) is -1.55. The zero-order chi connectivity index (χ0) is 11.5. The van der Waals surface area contributed by atoms with Crippen LogP contribution in [-0.4, -0.2) is 22.6 Å². The van der Waals surface area contributed by atoms with Gasteiger partial charge >= 0.3 is 5.97 Å². The number of aliphatic carboxylic acids is 1. The second kappa shape index (κ2) is 4.28. The smallest absolute Gasteiger partial charge is 0.312 e. The lowest BCUT2D eigenvalue weighted by molar-refractivity contribution is -0.138. The number of pyridine rings is 1. The summed E-state index contributed by atoms with van der Waals surface area (Å²) in [6.07, 6.45) is 1.71. The maximum absolute atomic E-state index is 11.0. The highest BCUT2D eigenvalue weighted by Gasteiger charge is 2.17. The lowest BCUT2D eigenvalue weighted by Gasteiger charge is -2.10. The lowest BCUT2D eigenvalue weighted by Crippen LogP contribution is -2.20. The van der Waals surface area contributed by atoms with Gasteiger partial charge in [-0.3, -0.25) is 9.78 Å². The molecule has 2 aromatic rings. The van der Waals surface area contributed by atoms with Gasteiger partial charge in [-0.15, -0.1) is 0 Å². The number of rotatable bonds is 3. The Morgan fingerprint density at radius 1 is 1.44 bits per heavy atom. The molecule has 1 aromatic carbocycles. The van der Waals surface area contributed by atoms with Crippen LogP contribution in [0.5, 0.6) is 0 Å². The molecule has 82 valence electrons. The minimum absolute atomic E-state index is 0.0983. The maximum atomic E-state index is 11.0. The lowest BCUT2D eigenvalue weighted by atomic mass is 9.98. The fraction of sp³-hybridized carbons (Fsp3) is 0.167. The van der Waals surface area contributed by atoms with Crippen molar-refractivity contribution in [3.05, 3.63) is 42.1 Å². The largest absolute Gasteiger partial charge is 0.481 e. The third-order valence-electron chi connectivity index (χ3n) is 2.56. The normalized spacial score (nSPS) is 12.6. The van der Waals surface area contributed by atoms with Crippen LogP contribution < -0.4 is 5.73 Å². The molecule has 0 saturated carbocycles. The van der Waals surface area contributed by atoms with E-state index in [1.54, 1.807) is 12.3 Å². The van der Waals surface area contributed by atoms with Crippen molar-refractivity contribution in [1.82, 2.24) is 4.98 Å². The van der Waals surface area contributed by atoms with Gasteiger partial charge in [0.2, 0.25) is 0 Å². The number of fused-ring (bicyclic) bond motifs is 1. The minimum atomic E-state index is -0.897. The van der Waals surface area contributed by atoms with Crippen molar-refractivity contribution in [1.29, 1.82) is 0 Å². The fourth-order valence-electron chi connectivity index (χ4n) is 1.69. The number of aromatic nitrogens is 1. The molecular formula is C12H12N2O2. The molecule has 0 aliphatic carbocycles. The summed E-state index contributed by atoms with van der Waals surface area (Å²) in [4.78, 5) is 15.1. The molecule has 1 atom stereocenters. The van der Waals surface area contributed by atoms with Crippen LogP contribution >= 0.6 is 0 Å². The summed E-state index contributed by atoms with van der Waals surface area (Å²) >= 11 is 0. The molecule has 1 unspecified atom stereocenters. The van der Waals surface area contributed by atoms with Crippen LogP contribution in [0.15, 0.2) is 36.5 Å². The van der Waals surface area contributed by atoms with Crippen LogP contribution in [-0.2, 0) is 4.79 Å². The van der Waals surface area contributed by atoms with Gasteiger partial charge in [0, 0.05) is 18.1 Å². The Morgan fingerprint density at radius 3 is 2.94 bits per heavy atom. The molecule has 1 aromatic heterocycles. The number of benzene rings is 1. The van der Waals surface area contributed by atoms with Gasteiger partial charge in [-0.1, -0.05) is 12.1 Å². The molecule has 0 amide bonds. The molecule has 0 radical (unpaired) electrons. The first-order valence-corrected chi connectivity index (χ1v) is 5.00. The van der Waals surface area contributed by atoms with E-state index in [0.29, 0.717) is 0 Å². The fourth-order valence-corrected chi connectivity index (χ4v) is 1.69. The number of hydrogen-bond acceptors (Lipinski definition) is 3. The van der Waals surface area contributed by atoms with E-state index >= 15 is 0 Å². The Balaban J connectivity index is 2.49. The van der Waals surface area contributed by atoms with Crippen molar-refractivity contribution in [3.63, 3.8) is 0 Å². The number of carbonyl (C=O) groups is 1. The highest BCUT2D eigenvalue weighted by molar-refractivity contribution is 5.82. The van der Waals surface area contributed by atoms with Crippen molar-refractivity contribution in [2.45, 2.75) is 5.92 Å². The molecule has 0 bridgehead atoms. The van der Waals surface area contributed by atoms with E-state index in [1.165, 1.54) is 0 Å². The van der Waals surface area contributed by atoms with Crippen LogP contribution in [0.25, 0.3) is 10.9 Å². The van der Waals surface area contributed by atoms with E-state index in [0.717, 1.165) is 16.5 Å². The molecular weight excluding hydrogens is 204 g/mol. The van der Waals surface area contributed by atoms with Crippen molar-refractivity contribution >= 4 is 16.9 Å². The van der Waals surface area contributed by atoms with E-state index in [4.69, 9.17) is 10.8 Å². The first kappa shape index (κ1) is 10.6. The Kier molecular flexibility index (Phi) is 2.83. The van der Waals surface area contributed by atoms with E-state index in [-0.39, 0.29) is 6.54 Å². The van der Waals surface area contributed by atoms with Gasteiger partial charge < -0.3 is 10.8 Å². The van der Waals surface area contributed by atoms with Gasteiger partial charge in [0.25, 0.3) is 0 Å². The molecule has 2 rings (SSSR count). The van der Waals surface area contributed by atoms with Crippen LogP contribution in [0.2, 0.25) is 0 Å². The van der Waals surface area contributed by atoms with Crippen LogP contribution in [0.1, 0.15) is 11.5 Å². The minimum Gasteiger partial charge on any atom is -0.481 e. The molecule has 0 spiro atoms. The van der Waals surface area contributed by atoms with E-state index in [1.807, 2.05) is 24.3 Å². The Bertz CT molecular complexity index is 525. The van der Waals surface area contributed by atoms with Gasteiger partial charge in [-0.2, -0.15) is 0 Å². The zero-order valence-corrected chi connectivity index (χ0v) is 8.63. The second-order valence-electron chi connectivity index (χ2n) is 3.58. The number of nitrogens with two attached hydrogens (primary N) is 1. The molecule has 16 heavy (non-hydrogen) atoms. The molecule has 4 heteroatoms. The second-order valence-corrected chi connectivity index (χ2v) is 3.58. The topological polar surface area (TPSA) is 76.2 Å². The Morgan fingerprint density at radius 2 is 2.25 bits per heavy atom. The molecule has 4 nitrogen and oxygen atoms in total. The summed E-state index contributed by atoms with van der Waals surface area (Å²) < 4.78 is 0. The standard InChI is InChI=1S/C12H12N2O2/c13-7-10(12(15)16)8-3-4-11-9(6-8)2-1-5-14-11/h1-6,10H,7,13H2,(H,15,16).